The molecule has 2 fully saturated rings. The van der Waals surface area contributed by atoms with E-state index in [1.807, 2.05) is 13.8 Å². The molecule has 18 nitrogen and oxygen atoms in total. The van der Waals surface area contributed by atoms with Gasteiger partial charge in [-0.25, -0.2) is 0 Å². The molecule has 1 aromatic rings. The monoisotopic (exact) mass is 871 g/mol. The van der Waals surface area contributed by atoms with Crippen molar-refractivity contribution in [3.05, 3.63) is 35.9 Å². The summed E-state index contributed by atoms with van der Waals surface area (Å²) in [4.78, 5) is 118. The van der Waals surface area contributed by atoms with Gasteiger partial charge in [0.05, 0.1) is 31.3 Å². The van der Waals surface area contributed by atoms with Gasteiger partial charge in [-0.05, 0) is 64.9 Å². The second kappa shape index (κ2) is 23.4. The van der Waals surface area contributed by atoms with E-state index in [0.29, 0.717) is 18.7 Å². The number of amides is 8. The summed E-state index contributed by atoms with van der Waals surface area (Å²) in [5.41, 5.74) is -0.0374. The maximum absolute atomic E-state index is 14.3. The van der Waals surface area contributed by atoms with Crippen LogP contribution in [0.25, 0.3) is 0 Å². The Morgan fingerprint density at radius 1 is 0.774 bits per heavy atom. The zero-order chi connectivity index (χ0) is 46.5. The Labute approximate surface area is 366 Å². The number of benzene rings is 1. The van der Waals surface area contributed by atoms with Crippen LogP contribution in [0.15, 0.2) is 30.3 Å². The second-order valence-corrected chi connectivity index (χ2v) is 18.0. The second-order valence-electron chi connectivity index (χ2n) is 18.0. The van der Waals surface area contributed by atoms with Crippen molar-refractivity contribution in [3.63, 3.8) is 0 Å². The lowest BCUT2D eigenvalue weighted by molar-refractivity contribution is -0.147. The van der Waals surface area contributed by atoms with Gasteiger partial charge in [-0.15, -0.1) is 0 Å². The van der Waals surface area contributed by atoms with E-state index in [1.54, 1.807) is 56.0 Å². The average Bonchev–Trinajstić information content (AvgIpc) is 3.22. The minimum Gasteiger partial charge on any atom is -0.391 e. The van der Waals surface area contributed by atoms with Crippen LogP contribution in [0, 0.1) is 5.92 Å². The van der Waals surface area contributed by atoms with E-state index in [4.69, 9.17) is 4.74 Å². The Balaban J connectivity index is 2.11. The summed E-state index contributed by atoms with van der Waals surface area (Å²) in [7, 11) is 5.63. The molecule has 62 heavy (non-hydrogen) atoms. The molecule has 0 spiro atoms. The van der Waals surface area contributed by atoms with Gasteiger partial charge in [-0.2, -0.15) is 0 Å². The Kier molecular flexibility index (Phi) is 19.3. The Hall–Kier alpha value is -5.10. The number of ether oxygens (including phenoxy) is 1. The van der Waals surface area contributed by atoms with Crippen molar-refractivity contribution in [3.8, 4) is 0 Å². The summed E-state index contributed by atoms with van der Waals surface area (Å²) in [5, 5.41) is 18.8. The highest BCUT2D eigenvalue weighted by atomic mass is 16.5. The summed E-state index contributed by atoms with van der Waals surface area (Å²) >= 11 is 0. The van der Waals surface area contributed by atoms with E-state index in [0.717, 1.165) is 24.2 Å². The number of nitrogens with one attached hydrogen (secondary N) is 3. The summed E-state index contributed by atoms with van der Waals surface area (Å²) in [6, 6.07) is 2.44. The summed E-state index contributed by atoms with van der Waals surface area (Å²) in [5.74, 6) is -5.27. The SMILES string of the molecule is CC(C)C[C@H]1C(=O)N[C@H](C(=O)N2CCCCC2)CC(=O)N(C)CCC(=O)N(C)[C@@H](Cc2ccccc2)C(=O)N[C@@H]([C@@H](C)O)C(=O)N(C)CC(=O)N[C@@H](COC(C)(C)C)C(=O)N1C. The first-order chi connectivity index (χ1) is 29.0. The molecule has 8 amide bonds. The minimum absolute atomic E-state index is 0.0426. The third-order valence-electron chi connectivity index (χ3n) is 11.1. The molecule has 0 aromatic heterocycles. The van der Waals surface area contributed by atoms with Gasteiger partial charge in [0.1, 0.15) is 30.2 Å². The van der Waals surface area contributed by atoms with Crippen LogP contribution >= 0.6 is 0 Å². The van der Waals surface area contributed by atoms with Crippen molar-refractivity contribution in [2.75, 3.05) is 61.0 Å². The van der Waals surface area contributed by atoms with Crippen LogP contribution in [0.5, 0.6) is 0 Å². The number of carbonyl (C=O) groups is 8. The van der Waals surface area contributed by atoms with E-state index in [2.05, 4.69) is 16.0 Å². The molecule has 2 saturated heterocycles. The smallest absolute Gasteiger partial charge is 0.248 e. The molecular formula is C44H70N8O10. The molecule has 3 rings (SSSR count). The summed E-state index contributed by atoms with van der Waals surface area (Å²) in [6.45, 7) is 10.3. The van der Waals surface area contributed by atoms with Crippen molar-refractivity contribution in [1.82, 2.24) is 40.4 Å². The number of likely N-dealkylation sites (tertiary alicyclic amines) is 1. The normalized spacial score (nSPS) is 24.8. The molecule has 0 saturated carbocycles. The van der Waals surface area contributed by atoms with Crippen molar-refractivity contribution >= 4 is 47.3 Å². The predicted octanol–water partition coefficient (Wildman–Crippen LogP) is 0.303. The molecular weight excluding hydrogens is 801 g/mol. The minimum atomic E-state index is -1.53. The zero-order valence-electron chi connectivity index (χ0n) is 38.3. The number of nitrogens with zero attached hydrogens (tertiary/aromatic N) is 5. The van der Waals surface area contributed by atoms with Crippen LogP contribution in [0.3, 0.4) is 0 Å². The van der Waals surface area contributed by atoms with Gasteiger partial charge in [0.2, 0.25) is 47.3 Å². The highest BCUT2D eigenvalue weighted by molar-refractivity contribution is 5.97. The fourth-order valence-corrected chi connectivity index (χ4v) is 7.32. The standard InChI is InChI=1S/C44H70N8O10/c1-28(2)23-33-39(57)46-31(42(60)52-20-15-12-16-21-52)25-37(56)48(7)22-19-36(55)50(9)34(24-30-17-13-11-14-18-30)40(58)47-38(29(3)53)43(61)49(8)26-35(54)45-32(41(59)51(33)10)27-62-44(4,5)6/h11,13-14,17-18,28-29,31-34,38,53H,12,15-16,19-27H2,1-10H3,(H,45,54)(H,46,57)(H,47,58)/t29-,31+,32+,33+,34+,38+/m1/s1. The zero-order valence-corrected chi connectivity index (χ0v) is 38.3. The molecule has 0 aliphatic carbocycles. The lowest BCUT2D eigenvalue weighted by atomic mass is 10.00. The molecule has 6 atom stereocenters. The van der Waals surface area contributed by atoms with Crippen LogP contribution in [-0.4, -0.2) is 180 Å². The van der Waals surface area contributed by atoms with Crippen molar-refractivity contribution in [2.45, 2.75) is 128 Å². The topological polar surface area (TPSA) is 218 Å². The van der Waals surface area contributed by atoms with Gasteiger partial charge in [0.15, 0.2) is 0 Å². The first-order valence-electron chi connectivity index (χ1n) is 21.6. The van der Waals surface area contributed by atoms with E-state index in [1.165, 1.54) is 49.8 Å². The van der Waals surface area contributed by atoms with E-state index in [9.17, 15) is 43.5 Å². The van der Waals surface area contributed by atoms with Crippen molar-refractivity contribution in [1.29, 1.82) is 0 Å². The fraction of sp³-hybridized carbons (Fsp3) is 0.682. The quantitative estimate of drug-likeness (QED) is 0.280. The van der Waals surface area contributed by atoms with Gasteiger partial charge >= 0.3 is 0 Å². The van der Waals surface area contributed by atoms with Gasteiger partial charge in [-0.1, -0.05) is 44.2 Å². The Bertz CT molecular complexity index is 1730. The summed E-state index contributed by atoms with van der Waals surface area (Å²) < 4.78 is 5.94. The lowest BCUT2D eigenvalue weighted by Gasteiger charge is -2.35. The third-order valence-corrected chi connectivity index (χ3v) is 11.1. The van der Waals surface area contributed by atoms with Gasteiger partial charge in [0.25, 0.3) is 0 Å². The number of hydrogen-bond acceptors (Lipinski definition) is 10. The van der Waals surface area contributed by atoms with E-state index < -0.39 is 102 Å². The largest absolute Gasteiger partial charge is 0.391 e. The van der Waals surface area contributed by atoms with Crippen LogP contribution in [0.4, 0.5) is 0 Å². The number of carbonyl (C=O) groups excluding carboxylic acids is 8. The van der Waals surface area contributed by atoms with Crippen LogP contribution in [-0.2, 0) is 49.5 Å². The first kappa shape index (κ1) is 51.3. The molecule has 0 radical (unpaired) electrons. The maximum Gasteiger partial charge on any atom is 0.248 e. The van der Waals surface area contributed by atoms with E-state index >= 15 is 0 Å². The van der Waals surface area contributed by atoms with Crippen molar-refractivity contribution in [2.24, 2.45) is 5.92 Å². The third kappa shape index (κ3) is 15.4. The van der Waals surface area contributed by atoms with Crippen LogP contribution in [0.1, 0.15) is 85.6 Å². The Morgan fingerprint density at radius 2 is 1.39 bits per heavy atom. The molecule has 2 aliphatic rings. The number of aliphatic hydroxyl groups excluding tert-OH is 1. The molecule has 18 heteroatoms. The highest BCUT2D eigenvalue weighted by Gasteiger charge is 2.39. The molecule has 1 aromatic carbocycles. The molecule has 0 bridgehead atoms. The number of likely N-dealkylation sites (N-methyl/N-ethyl adjacent to an activating group) is 3. The first-order valence-corrected chi connectivity index (χ1v) is 21.6. The number of aliphatic hydroxyl groups is 1. The summed E-state index contributed by atoms with van der Waals surface area (Å²) in [6.07, 6.45) is 0.606. The van der Waals surface area contributed by atoms with Gasteiger partial charge < -0.3 is 50.3 Å². The van der Waals surface area contributed by atoms with Crippen LogP contribution in [0.2, 0.25) is 0 Å². The predicted molar refractivity (Wildman–Crippen MR) is 231 cm³/mol. The molecule has 2 aliphatic heterocycles. The lowest BCUT2D eigenvalue weighted by Crippen LogP contribution is -2.60. The average molecular weight is 871 g/mol. The maximum atomic E-state index is 14.3. The number of hydrogen-bond donors (Lipinski definition) is 4. The highest BCUT2D eigenvalue weighted by Crippen LogP contribution is 2.18. The Morgan fingerprint density at radius 3 is 1.97 bits per heavy atom. The molecule has 4 N–H and O–H groups in total. The molecule has 346 valence electrons. The van der Waals surface area contributed by atoms with E-state index in [-0.39, 0.29) is 38.3 Å². The van der Waals surface area contributed by atoms with Crippen LogP contribution < -0.4 is 16.0 Å². The van der Waals surface area contributed by atoms with Gasteiger partial charge in [0, 0.05) is 60.7 Å². The number of rotatable bonds is 8. The molecule has 2 heterocycles. The van der Waals surface area contributed by atoms with Gasteiger partial charge in [-0.3, -0.25) is 38.4 Å². The molecule has 0 unspecified atom stereocenters. The number of piperidine rings is 1. The van der Waals surface area contributed by atoms with Crippen molar-refractivity contribution < 1.29 is 48.2 Å². The fourth-order valence-electron chi connectivity index (χ4n) is 7.32.